The van der Waals surface area contributed by atoms with Gasteiger partial charge in [-0.15, -0.1) is 0 Å². The van der Waals surface area contributed by atoms with Crippen molar-refractivity contribution in [2.24, 2.45) is 0 Å². The summed E-state index contributed by atoms with van der Waals surface area (Å²) in [4.78, 5) is 0. The Kier molecular flexibility index (Phi) is 11.1. The maximum atomic E-state index is 8.39. The normalized spacial score (nSPS) is 10.9. The molecule has 11 heavy (non-hydrogen) atoms. The predicted octanol–water partition coefficient (Wildman–Crippen LogP) is 1.50. The van der Waals surface area contributed by atoms with E-state index < -0.39 is 0 Å². The number of allylic oxidation sites excluding steroid dienone is 2. The summed E-state index contributed by atoms with van der Waals surface area (Å²) in [5.74, 6) is 0. The molecule has 0 rings (SSSR count). The van der Waals surface area contributed by atoms with Gasteiger partial charge in [0.2, 0.25) is 0 Å². The van der Waals surface area contributed by atoms with Gasteiger partial charge in [-0.3, -0.25) is 0 Å². The molecule has 0 aromatic heterocycles. The molecule has 0 aliphatic carbocycles. The first-order valence-corrected chi connectivity index (χ1v) is 3.61. The molecule has 0 fully saturated rings. The lowest BCUT2D eigenvalue weighted by molar-refractivity contribution is 0.148. The fraction of sp³-hybridized carbons (Fsp3) is 0.556. The van der Waals surface area contributed by atoms with Crippen molar-refractivity contribution in [1.29, 1.82) is 0 Å². The minimum absolute atomic E-state index is 0.0810. The van der Waals surface area contributed by atoms with Gasteiger partial charge < -0.3 is 10.2 Å². The molecule has 66 valence electrons. The number of hydrogen-bond donors (Lipinski definition) is 2. The summed E-state index contributed by atoms with van der Waals surface area (Å²) in [7, 11) is 0. The van der Waals surface area contributed by atoms with E-state index in [9.17, 15) is 0 Å². The van der Waals surface area contributed by atoms with Crippen molar-refractivity contribution < 1.29 is 10.2 Å². The van der Waals surface area contributed by atoms with Gasteiger partial charge in [-0.05, 0) is 20.3 Å². The molecule has 0 spiro atoms. The van der Waals surface area contributed by atoms with Crippen LogP contribution in [0.5, 0.6) is 0 Å². The van der Waals surface area contributed by atoms with Crippen LogP contribution in [0.1, 0.15) is 20.3 Å². The number of aliphatic hydroxyl groups is 2. The molecular formula is C9H18O2. The first kappa shape index (κ1) is 13.0. The molecular weight excluding hydrogens is 140 g/mol. The van der Waals surface area contributed by atoms with Gasteiger partial charge in [0.1, 0.15) is 0 Å². The van der Waals surface area contributed by atoms with Crippen LogP contribution in [0.25, 0.3) is 0 Å². The summed E-state index contributed by atoms with van der Waals surface area (Å²) in [5, 5.41) is 16.5. The van der Waals surface area contributed by atoms with Gasteiger partial charge >= 0.3 is 0 Å². The van der Waals surface area contributed by atoms with Crippen molar-refractivity contribution in [2.45, 2.75) is 26.4 Å². The zero-order valence-electron chi connectivity index (χ0n) is 7.38. The third kappa shape index (κ3) is 26.6. The van der Waals surface area contributed by atoms with Gasteiger partial charge in [0.15, 0.2) is 0 Å². The third-order valence-electron chi connectivity index (χ3n) is 0.895. The van der Waals surface area contributed by atoms with Crippen LogP contribution in [0.15, 0.2) is 24.8 Å². The van der Waals surface area contributed by atoms with Gasteiger partial charge in [-0.25, -0.2) is 0 Å². The quantitative estimate of drug-likeness (QED) is 0.611. The molecule has 0 aliphatic heterocycles. The Bertz CT molecular complexity index is 106. The second-order valence-corrected chi connectivity index (χ2v) is 2.41. The lowest BCUT2D eigenvalue weighted by Gasteiger charge is -1.95. The molecule has 1 unspecified atom stereocenters. The summed E-state index contributed by atoms with van der Waals surface area (Å²) in [6.07, 6.45) is 1.86. The SMILES string of the molecule is C=CC(=C)C.CC(O)CCO. The van der Waals surface area contributed by atoms with E-state index in [1.165, 1.54) is 0 Å². The summed E-state index contributed by atoms with van der Waals surface area (Å²) >= 11 is 0. The minimum Gasteiger partial charge on any atom is -0.396 e. The standard InChI is InChI=1S/C5H8.C4H10O2/c1-4-5(2)3;1-4(6)2-3-5/h4H,1-2H2,3H3;4-6H,2-3H2,1H3. The third-order valence-corrected chi connectivity index (χ3v) is 0.895. The van der Waals surface area contributed by atoms with Crippen LogP contribution in [-0.4, -0.2) is 22.9 Å². The van der Waals surface area contributed by atoms with Crippen molar-refractivity contribution >= 4 is 0 Å². The Morgan fingerprint density at radius 1 is 1.64 bits per heavy atom. The zero-order chi connectivity index (χ0) is 9.28. The fourth-order valence-electron chi connectivity index (χ4n) is 0.187. The Balaban J connectivity index is 0. The molecule has 0 aliphatic rings. The number of rotatable bonds is 3. The van der Waals surface area contributed by atoms with Crippen molar-refractivity contribution in [3.63, 3.8) is 0 Å². The summed E-state index contributed by atoms with van der Waals surface area (Å²) < 4.78 is 0. The van der Waals surface area contributed by atoms with Gasteiger partial charge in [-0.1, -0.05) is 24.8 Å². The minimum atomic E-state index is -0.352. The molecule has 2 heteroatoms. The van der Waals surface area contributed by atoms with Crippen LogP contribution >= 0.6 is 0 Å². The maximum Gasteiger partial charge on any atom is 0.0533 e. The molecule has 2 nitrogen and oxygen atoms in total. The molecule has 0 aromatic rings. The monoisotopic (exact) mass is 158 g/mol. The van der Waals surface area contributed by atoms with Crippen LogP contribution in [-0.2, 0) is 0 Å². The largest absolute Gasteiger partial charge is 0.396 e. The Morgan fingerprint density at radius 2 is 2.00 bits per heavy atom. The van der Waals surface area contributed by atoms with Crippen molar-refractivity contribution in [3.05, 3.63) is 24.8 Å². The van der Waals surface area contributed by atoms with E-state index in [-0.39, 0.29) is 12.7 Å². The van der Waals surface area contributed by atoms with Crippen molar-refractivity contribution in [1.82, 2.24) is 0 Å². The van der Waals surface area contributed by atoms with Crippen LogP contribution < -0.4 is 0 Å². The van der Waals surface area contributed by atoms with Crippen LogP contribution in [0, 0.1) is 0 Å². The molecule has 0 saturated carbocycles. The second kappa shape index (κ2) is 9.40. The fourth-order valence-corrected chi connectivity index (χ4v) is 0.187. The average Bonchev–Trinajstić information content (AvgIpc) is 1.89. The highest BCUT2D eigenvalue weighted by atomic mass is 16.3. The zero-order valence-corrected chi connectivity index (χ0v) is 7.38. The summed E-state index contributed by atoms with van der Waals surface area (Å²) in [6.45, 7) is 10.7. The van der Waals surface area contributed by atoms with E-state index in [2.05, 4.69) is 13.2 Å². The van der Waals surface area contributed by atoms with E-state index >= 15 is 0 Å². The highest BCUT2D eigenvalue weighted by Crippen LogP contribution is 1.83. The Labute approximate surface area is 68.9 Å². The van der Waals surface area contributed by atoms with Crippen LogP contribution in [0.4, 0.5) is 0 Å². The van der Waals surface area contributed by atoms with Crippen LogP contribution in [0.3, 0.4) is 0 Å². The number of hydrogen-bond acceptors (Lipinski definition) is 2. The van der Waals surface area contributed by atoms with Gasteiger partial charge in [0.05, 0.1) is 6.10 Å². The molecule has 0 aromatic carbocycles. The highest BCUT2D eigenvalue weighted by Gasteiger charge is 1.88. The molecule has 0 radical (unpaired) electrons. The Hall–Kier alpha value is -0.600. The van der Waals surface area contributed by atoms with Crippen LogP contribution in [0.2, 0.25) is 0 Å². The average molecular weight is 158 g/mol. The maximum absolute atomic E-state index is 8.39. The first-order chi connectivity index (χ1) is 5.04. The summed E-state index contributed by atoms with van der Waals surface area (Å²) in [6, 6.07) is 0. The van der Waals surface area contributed by atoms with E-state index in [0.717, 1.165) is 5.57 Å². The molecule has 0 bridgehead atoms. The van der Waals surface area contributed by atoms with Crippen molar-refractivity contribution in [2.75, 3.05) is 6.61 Å². The van der Waals surface area contributed by atoms with E-state index in [4.69, 9.17) is 10.2 Å². The topological polar surface area (TPSA) is 40.5 Å². The van der Waals surface area contributed by atoms with Gasteiger partial charge in [-0.2, -0.15) is 0 Å². The van der Waals surface area contributed by atoms with E-state index in [1.807, 2.05) is 6.92 Å². The predicted molar refractivity (Wildman–Crippen MR) is 48.4 cm³/mol. The van der Waals surface area contributed by atoms with Gasteiger partial charge in [0, 0.05) is 6.61 Å². The van der Waals surface area contributed by atoms with Crippen molar-refractivity contribution in [3.8, 4) is 0 Å². The molecule has 2 N–H and O–H groups in total. The lowest BCUT2D eigenvalue weighted by atomic mass is 10.3. The smallest absolute Gasteiger partial charge is 0.0533 e. The molecule has 0 saturated heterocycles. The molecule has 0 amide bonds. The van der Waals surface area contributed by atoms with E-state index in [1.54, 1.807) is 13.0 Å². The molecule has 1 atom stereocenters. The second-order valence-electron chi connectivity index (χ2n) is 2.41. The lowest BCUT2D eigenvalue weighted by Crippen LogP contribution is -2.00. The van der Waals surface area contributed by atoms with E-state index in [0.29, 0.717) is 6.42 Å². The first-order valence-electron chi connectivity index (χ1n) is 3.61. The van der Waals surface area contributed by atoms with Gasteiger partial charge in [0.25, 0.3) is 0 Å². The summed E-state index contributed by atoms with van der Waals surface area (Å²) in [5.41, 5.74) is 1.02. The molecule has 0 heterocycles. The highest BCUT2D eigenvalue weighted by molar-refractivity contribution is 5.05. The number of aliphatic hydroxyl groups excluding tert-OH is 2. The Morgan fingerprint density at radius 3 is 2.00 bits per heavy atom.